The van der Waals surface area contributed by atoms with Crippen molar-refractivity contribution < 1.29 is 9.47 Å². The van der Waals surface area contributed by atoms with Gasteiger partial charge in [-0.05, 0) is 29.7 Å². The molecular weight excluding hydrogens is 226 g/mol. The molecule has 0 bridgehead atoms. The summed E-state index contributed by atoms with van der Waals surface area (Å²) >= 11 is 0. The van der Waals surface area contributed by atoms with Crippen molar-refractivity contribution in [1.29, 1.82) is 5.26 Å². The summed E-state index contributed by atoms with van der Waals surface area (Å²) in [4.78, 5) is 0. The molecule has 0 aromatic heterocycles. The molecule has 3 nitrogen and oxygen atoms in total. The molecule has 1 aromatic carbocycles. The third-order valence-corrected chi connectivity index (χ3v) is 2.68. The lowest BCUT2D eigenvalue weighted by atomic mass is 10.0. The number of fused-ring (bicyclic) bond motifs is 1. The van der Waals surface area contributed by atoms with E-state index < -0.39 is 0 Å². The largest absolute Gasteiger partial charge is 0.490 e. The maximum absolute atomic E-state index is 9.20. The van der Waals surface area contributed by atoms with Crippen LogP contribution in [0.25, 0.3) is 5.57 Å². The molecule has 0 aliphatic carbocycles. The number of nitriles is 1. The fraction of sp³-hybridized carbons (Fsp3) is 0.400. The van der Waals surface area contributed by atoms with E-state index in [-0.39, 0.29) is 0 Å². The molecule has 0 atom stereocenters. The van der Waals surface area contributed by atoms with Gasteiger partial charge in [0.05, 0.1) is 24.9 Å². The summed E-state index contributed by atoms with van der Waals surface area (Å²) < 4.78 is 11.2. The van der Waals surface area contributed by atoms with Crippen LogP contribution in [0.5, 0.6) is 11.5 Å². The zero-order chi connectivity index (χ0) is 13.0. The van der Waals surface area contributed by atoms with Crippen LogP contribution in [0.15, 0.2) is 24.3 Å². The van der Waals surface area contributed by atoms with Crippen molar-refractivity contribution in [3.63, 3.8) is 0 Å². The standard InChI is InChI=1S/C15H17NO2/c1-11(2)8-13(10-16)12-4-5-14-15(9-12)18-7-3-6-17-14/h4-5,8-9,11H,3,6-7H2,1-2H3/b13-8+. The summed E-state index contributed by atoms with van der Waals surface area (Å²) in [6.45, 7) is 5.45. The second kappa shape index (κ2) is 5.59. The highest BCUT2D eigenvalue weighted by Crippen LogP contribution is 2.32. The van der Waals surface area contributed by atoms with E-state index in [4.69, 9.17) is 9.47 Å². The first kappa shape index (κ1) is 12.5. The van der Waals surface area contributed by atoms with Crippen LogP contribution in [0.1, 0.15) is 25.8 Å². The Kier molecular flexibility index (Phi) is 3.88. The Balaban J connectivity index is 2.36. The number of nitrogens with zero attached hydrogens (tertiary/aromatic N) is 1. The fourth-order valence-electron chi connectivity index (χ4n) is 1.86. The molecule has 0 saturated heterocycles. The van der Waals surface area contributed by atoms with E-state index in [1.165, 1.54) is 0 Å². The molecule has 1 aromatic rings. The SMILES string of the molecule is CC(C)/C=C(\C#N)c1ccc2c(c1)OCCCO2. The minimum absolute atomic E-state index is 0.343. The zero-order valence-corrected chi connectivity index (χ0v) is 10.8. The second-order valence-electron chi connectivity index (χ2n) is 4.65. The Labute approximate surface area is 108 Å². The highest BCUT2D eigenvalue weighted by Gasteiger charge is 2.12. The summed E-state index contributed by atoms with van der Waals surface area (Å²) in [6.07, 6.45) is 2.84. The Morgan fingerprint density at radius 3 is 2.67 bits per heavy atom. The molecule has 3 heteroatoms. The summed E-state index contributed by atoms with van der Waals surface area (Å²) in [5.41, 5.74) is 1.57. The van der Waals surface area contributed by atoms with E-state index in [1.807, 2.05) is 24.3 Å². The monoisotopic (exact) mass is 243 g/mol. The lowest BCUT2D eigenvalue weighted by Crippen LogP contribution is -1.97. The van der Waals surface area contributed by atoms with Crippen molar-refractivity contribution >= 4 is 5.57 Å². The Morgan fingerprint density at radius 2 is 2.00 bits per heavy atom. The van der Waals surface area contributed by atoms with Gasteiger partial charge in [0.25, 0.3) is 0 Å². The second-order valence-corrected chi connectivity index (χ2v) is 4.65. The van der Waals surface area contributed by atoms with Gasteiger partial charge >= 0.3 is 0 Å². The number of allylic oxidation sites excluding steroid dienone is 2. The highest BCUT2D eigenvalue weighted by molar-refractivity contribution is 5.78. The van der Waals surface area contributed by atoms with E-state index in [0.29, 0.717) is 24.7 Å². The molecule has 0 unspecified atom stereocenters. The molecule has 0 spiro atoms. The van der Waals surface area contributed by atoms with Gasteiger partial charge in [0, 0.05) is 6.42 Å². The highest BCUT2D eigenvalue weighted by atomic mass is 16.5. The number of hydrogen-bond donors (Lipinski definition) is 0. The van der Waals surface area contributed by atoms with Gasteiger partial charge in [0.2, 0.25) is 0 Å². The van der Waals surface area contributed by atoms with Gasteiger partial charge in [-0.25, -0.2) is 0 Å². The predicted octanol–water partition coefficient (Wildman–Crippen LogP) is 3.41. The maximum atomic E-state index is 9.20. The molecule has 0 N–H and O–H groups in total. The van der Waals surface area contributed by atoms with Gasteiger partial charge in [0.15, 0.2) is 11.5 Å². The first-order valence-electron chi connectivity index (χ1n) is 6.22. The van der Waals surface area contributed by atoms with Crippen LogP contribution >= 0.6 is 0 Å². The van der Waals surface area contributed by atoms with Crippen molar-refractivity contribution in [1.82, 2.24) is 0 Å². The number of rotatable bonds is 2. The van der Waals surface area contributed by atoms with Crippen molar-refractivity contribution in [2.24, 2.45) is 5.92 Å². The predicted molar refractivity (Wildman–Crippen MR) is 70.5 cm³/mol. The van der Waals surface area contributed by atoms with Crippen molar-refractivity contribution in [2.75, 3.05) is 13.2 Å². The first-order chi connectivity index (χ1) is 8.70. The quantitative estimate of drug-likeness (QED) is 0.747. The number of ether oxygens (including phenoxy) is 2. The van der Waals surface area contributed by atoms with E-state index >= 15 is 0 Å². The van der Waals surface area contributed by atoms with Crippen LogP contribution in [0.2, 0.25) is 0 Å². The van der Waals surface area contributed by atoms with Crippen LogP contribution in [-0.2, 0) is 0 Å². The first-order valence-corrected chi connectivity index (χ1v) is 6.22. The van der Waals surface area contributed by atoms with Crippen LogP contribution in [0.3, 0.4) is 0 Å². The Morgan fingerprint density at radius 1 is 1.28 bits per heavy atom. The number of benzene rings is 1. The van der Waals surface area contributed by atoms with E-state index in [2.05, 4.69) is 19.9 Å². The normalized spacial score (nSPS) is 15.1. The van der Waals surface area contributed by atoms with Gasteiger partial charge in [-0.2, -0.15) is 5.26 Å². The lowest BCUT2D eigenvalue weighted by molar-refractivity contribution is 0.297. The van der Waals surface area contributed by atoms with Gasteiger partial charge in [-0.15, -0.1) is 0 Å². The van der Waals surface area contributed by atoms with Crippen molar-refractivity contribution in [3.8, 4) is 17.6 Å². The minimum Gasteiger partial charge on any atom is -0.490 e. The average Bonchev–Trinajstić information content (AvgIpc) is 2.59. The average molecular weight is 243 g/mol. The molecule has 2 rings (SSSR count). The van der Waals surface area contributed by atoms with Gasteiger partial charge in [-0.1, -0.05) is 19.9 Å². The summed E-state index contributed by atoms with van der Waals surface area (Å²) in [5, 5.41) is 9.20. The van der Waals surface area contributed by atoms with Crippen molar-refractivity contribution in [2.45, 2.75) is 20.3 Å². The molecule has 18 heavy (non-hydrogen) atoms. The van der Waals surface area contributed by atoms with Crippen molar-refractivity contribution in [3.05, 3.63) is 29.8 Å². The topological polar surface area (TPSA) is 42.2 Å². The maximum Gasteiger partial charge on any atom is 0.161 e. The van der Waals surface area contributed by atoms with E-state index in [0.717, 1.165) is 23.5 Å². The molecule has 0 amide bonds. The molecular formula is C15H17NO2. The van der Waals surface area contributed by atoms with Crippen LogP contribution in [0.4, 0.5) is 0 Å². The van der Waals surface area contributed by atoms with E-state index in [1.54, 1.807) is 0 Å². The Bertz CT molecular complexity index is 498. The third-order valence-electron chi connectivity index (χ3n) is 2.68. The lowest BCUT2D eigenvalue weighted by Gasteiger charge is -2.09. The third kappa shape index (κ3) is 2.84. The van der Waals surface area contributed by atoms with Gasteiger partial charge in [-0.3, -0.25) is 0 Å². The van der Waals surface area contributed by atoms with Gasteiger partial charge in [0.1, 0.15) is 0 Å². The molecule has 1 heterocycles. The molecule has 94 valence electrons. The van der Waals surface area contributed by atoms with Crippen LogP contribution < -0.4 is 9.47 Å². The minimum atomic E-state index is 0.343. The molecule has 0 saturated carbocycles. The van der Waals surface area contributed by atoms with Crippen LogP contribution in [0, 0.1) is 17.2 Å². The Hall–Kier alpha value is -1.95. The van der Waals surface area contributed by atoms with Gasteiger partial charge < -0.3 is 9.47 Å². The number of hydrogen-bond acceptors (Lipinski definition) is 3. The summed E-state index contributed by atoms with van der Waals surface area (Å²) in [6, 6.07) is 7.91. The summed E-state index contributed by atoms with van der Waals surface area (Å²) in [7, 11) is 0. The molecule has 1 aliphatic rings. The fourth-order valence-corrected chi connectivity index (χ4v) is 1.86. The molecule has 0 radical (unpaired) electrons. The smallest absolute Gasteiger partial charge is 0.161 e. The van der Waals surface area contributed by atoms with E-state index in [9.17, 15) is 5.26 Å². The summed E-state index contributed by atoms with van der Waals surface area (Å²) in [5.74, 6) is 1.84. The molecule has 1 aliphatic heterocycles. The zero-order valence-electron chi connectivity index (χ0n) is 10.8. The van der Waals surface area contributed by atoms with Crippen LogP contribution in [-0.4, -0.2) is 13.2 Å². The molecule has 0 fully saturated rings.